The van der Waals surface area contributed by atoms with Crippen molar-refractivity contribution in [2.75, 3.05) is 20.3 Å². The Balaban J connectivity index is 1.91. The summed E-state index contributed by atoms with van der Waals surface area (Å²) in [6.45, 7) is 2.85. The van der Waals surface area contributed by atoms with Gasteiger partial charge in [0.05, 0.1) is 24.2 Å². The second-order valence-electron chi connectivity index (χ2n) is 6.12. The average Bonchev–Trinajstić information content (AvgIpc) is 2.95. The van der Waals surface area contributed by atoms with E-state index in [1.807, 2.05) is 6.92 Å². The SMILES string of the molecule is CCCCOC(=O)CCCN1C(=O)C(=Cc2ccc(C(=O)OC)cc2)SC1=S. The molecule has 0 aliphatic carbocycles. The van der Waals surface area contributed by atoms with Crippen molar-refractivity contribution in [1.82, 2.24) is 4.90 Å². The predicted octanol–water partition coefficient (Wildman–Crippen LogP) is 3.80. The fraction of sp³-hybridized carbons (Fsp3) is 0.400. The highest BCUT2D eigenvalue weighted by molar-refractivity contribution is 8.26. The Morgan fingerprint density at radius 3 is 2.57 bits per heavy atom. The van der Waals surface area contributed by atoms with Crippen LogP contribution in [0.1, 0.15) is 48.5 Å². The lowest BCUT2D eigenvalue weighted by molar-refractivity contribution is -0.144. The maximum absolute atomic E-state index is 12.6. The molecule has 1 fully saturated rings. The average molecular weight is 422 g/mol. The fourth-order valence-electron chi connectivity index (χ4n) is 2.46. The molecule has 0 bridgehead atoms. The molecule has 1 aromatic rings. The van der Waals surface area contributed by atoms with Crippen molar-refractivity contribution < 1.29 is 23.9 Å². The molecule has 0 unspecified atom stereocenters. The summed E-state index contributed by atoms with van der Waals surface area (Å²) in [6, 6.07) is 6.77. The normalized spacial score (nSPS) is 15.2. The highest BCUT2D eigenvalue weighted by atomic mass is 32.2. The molecular formula is C20H23NO5S2. The molecule has 1 amide bonds. The lowest BCUT2D eigenvalue weighted by Gasteiger charge is -2.13. The Hall–Kier alpha value is -2.19. The Morgan fingerprint density at radius 1 is 1.21 bits per heavy atom. The van der Waals surface area contributed by atoms with Crippen molar-refractivity contribution in [1.29, 1.82) is 0 Å². The highest BCUT2D eigenvalue weighted by Crippen LogP contribution is 2.32. The van der Waals surface area contributed by atoms with Crippen molar-refractivity contribution in [2.45, 2.75) is 32.6 Å². The minimum absolute atomic E-state index is 0.175. The van der Waals surface area contributed by atoms with E-state index in [2.05, 4.69) is 4.74 Å². The summed E-state index contributed by atoms with van der Waals surface area (Å²) in [5.74, 6) is -0.836. The molecule has 0 radical (unpaired) electrons. The fourth-order valence-corrected chi connectivity index (χ4v) is 3.77. The van der Waals surface area contributed by atoms with Crippen LogP contribution in [-0.4, -0.2) is 47.3 Å². The number of ether oxygens (including phenoxy) is 2. The minimum atomic E-state index is -0.411. The standard InChI is InChI=1S/C20H23NO5S2/c1-3-4-12-26-17(22)6-5-11-21-18(23)16(28-20(21)27)13-14-7-9-15(10-8-14)19(24)25-2/h7-10,13H,3-6,11-12H2,1-2H3. The van der Waals surface area contributed by atoms with Crippen molar-refractivity contribution >= 4 is 52.2 Å². The first-order valence-corrected chi connectivity index (χ1v) is 10.3. The molecular weight excluding hydrogens is 398 g/mol. The van der Waals surface area contributed by atoms with Gasteiger partial charge in [-0.2, -0.15) is 0 Å². The summed E-state index contributed by atoms with van der Waals surface area (Å²) in [5, 5.41) is 0. The van der Waals surface area contributed by atoms with E-state index in [9.17, 15) is 14.4 Å². The molecule has 2 rings (SSSR count). The van der Waals surface area contributed by atoms with Crippen LogP contribution in [-0.2, 0) is 19.1 Å². The molecule has 0 aromatic heterocycles. The third-order valence-corrected chi connectivity index (χ3v) is 5.40. The summed E-state index contributed by atoms with van der Waals surface area (Å²) in [6.07, 6.45) is 4.32. The van der Waals surface area contributed by atoms with E-state index in [1.54, 1.807) is 30.3 Å². The molecule has 1 aliphatic heterocycles. The first-order chi connectivity index (χ1) is 13.5. The number of carbonyl (C=O) groups is 3. The van der Waals surface area contributed by atoms with Crippen molar-refractivity contribution in [3.05, 3.63) is 40.3 Å². The maximum Gasteiger partial charge on any atom is 0.337 e. The zero-order valence-corrected chi connectivity index (χ0v) is 17.6. The van der Waals surface area contributed by atoms with Gasteiger partial charge in [-0.05, 0) is 36.6 Å². The number of esters is 2. The zero-order chi connectivity index (χ0) is 20.5. The van der Waals surface area contributed by atoms with Gasteiger partial charge in [0.15, 0.2) is 0 Å². The molecule has 0 spiro atoms. The Morgan fingerprint density at radius 2 is 1.93 bits per heavy atom. The molecule has 150 valence electrons. The first kappa shape index (κ1) is 22.1. The molecule has 1 aliphatic rings. The van der Waals surface area contributed by atoms with Crippen LogP contribution in [0.3, 0.4) is 0 Å². The van der Waals surface area contributed by atoms with Gasteiger partial charge in [0.1, 0.15) is 4.32 Å². The molecule has 0 atom stereocenters. The van der Waals surface area contributed by atoms with Gasteiger partial charge in [0, 0.05) is 13.0 Å². The van der Waals surface area contributed by atoms with Crippen LogP contribution in [0.15, 0.2) is 29.2 Å². The third-order valence-electron chi connectivity index (χ3n) is 4.03. The maximum atomic E-state index is 12.6. The summed E-state index contributed by atoms with van der Waals surface area (Å²) in [7, 11) is 1.33. The predicted molar refractivity (Wildman–Crippen MR) is 113 cm³/mol. The number of thiocarbonyl (C=S) groups is 1. The monoisotopic (exact) mass is 421 g/mol. The van der Waals surface area contributed by atoms with Crippen molar-refractivity contribution in [2.24, 2.45) is 0 Å². The molecule has 0 N–H and O–H groups in total. The van der Waals surface area contributed by atoms with Crippen LogP contribution >= 0.6 is 24.0 Å². The van der Waals surface area contributed by atoms with E-state index in [4.69, 9.17) is 17.0 Å². The number of hydrogen-bond acceptors (Lipinski definition) is 7. The molecule has 8 heteroatoms. The smallest absolute Gasteiger partial charge is 0.337 e. The number of amides is 1. The Bertz CT molecular complexity index is 773. The Kier molecular flexibility index (Phi) is 8.66. The van der Waals surface area contributed by atoms with Gasteiger partial charge in [0.2, 0.25) is 0 Å². The number of benzene rings is 1. The molecule has 1 heterocycles. The summed E-state index contributed by atoms with van der Waals surface area (Å²) < 4.78 is 10.3. The molecule has 28 heavy (non-hydrogen) atoms. The number of rotatable bonds is 9. The van der Waals surface area contributed by atoms with Crippen LogP contribution in [0, 0.1) is 0 Å². The van der Waals surface area contributed by atoms with E-state index in [0.29, 0.717) is 34.4 Å². The molecule has 1 aromatic carbocycles. The molecule has 0 saturated carbocycles. The third kappa shape index (κ3) is 6.17. The van der Waals surface area contributed by atoms with E-state index in [-0.39, 0.29) is 18.3 Å². The van der Waals surface area contributed by atoms with Gasteiger partial charge in [-0.15, -0.1) is 0 Å². The minimum Gasteiger partial charge on any atom is -0.466 e. The Labute approximate surface area is 174 Å². The van der Waals surface area contributed by atoms with E-state index in [0.717, 1.165) is 18.4 Å². The van der Waals surface area contributed by atoms with Gasteiger partial charge in [-0.25, -0.2) is 4.79 Å². The first-order valence-electron chi connectivity index (χ1n) is 9.05. The van der Waals surface area contributed by atoms with E-state index in [1.165, 1.54) is 23.8 Å². The second-order valence-corrected chi connectivity index (χ2v) is 7.80. The largest absolute Gasteiger partial charge is 0.466 e. The van der Waals surface area contributed by atoms with Crippen LogP contribution in [0.2, 0.25) is 0 Å². The number of methoxy groups -OCH3 is 1. The van der Waals surface area contributed by atoms with Crippen molar-refractivity contribution in [3.8, 4) is 0 Å². The van der Waals surface area contributed by atoms with E-state index < -0.39 is 5.97 Å². The quantitative estimate of drug-likeness (QED) is 0.260. The van der Waals surface area contributed by atoms with Crippen LogP contribution in [0.25, 0.3) is 6.08 Å². The van der Waals surface area contributed by atoms with Gasteiger partial charge in [-0.3, -0.25) is 14.5 Å². The van der Waals surface area contributed by atoms with Crippen LogP contribution < -0.4 is 0 Å². The van der Waals surface area contributed by atoms with Gasteiger partial charge in [0.25, 0.3) is 5.91 Å². The molecule has 1 saturated heterocycles. The summed E-state index contributed by atoms with van der Waals surface area (Å²) in [4.78, 5) is 37.7. The number of nitrogens with zero attached hydrogens (tertiary/aromatic N) is 1. The van der Waals surface area contributed by atoms with Gasteiger partial charge < -0.3 is 9.47 Å². The number of thioether (sulfide) groups is 1. The van der Waals surface area contributed by atoms with Crippen molar-refractivity contribution in [3.63, 3.8) is 0 Å². The summed E-state index contributed by atoms with van der Waals surface area (Å²) in [5.41, 5.74) is 1.23. The second kappa shape index (κ2) is 11.0. The number of unbranched alkanes of at least 4 members (excludes halogenated alkanes) is 1. The molecule has 6 nitrogen and oxygen atoms in total. The lowest BCUT2D eigenvalue weighted by Crippen LogP contribution is -2.29. The van der Waals surface area contributed by atoms with Crippen LogP contribution in [0.5, 0.6) is 0 Å². The lowest BCUT2D eigenvalue weighted by atomic mass is 10.1. The van der Waals surface area contributed by atoms with Gasteiger partial charge in [-0.1, -0.05) is 49.5 Å². The number of carbonyl (C=O) groups excluding carboxylic acids is 3. The highest BCUT2D eigenvalue weighted by Gasteiger charge is 2.31. The summed E-state index contributed by atoms with van der Waals surface area (Å²) >= 11 is 6.52. The van der Waals surface area contributed by atoms with Gasteiger partial charge >= 0.3 is 11.9 Å². The number of hydrogen-bond donors (Lipinski definition) is 0. The van der Waals surface area contributed by atoms with Crippen LogP contribution in [0.4, 0.5) is 0 Å². The topological polar surface area (TPSA) is 72.9 Å². The zero-order valence-electron chi connectivity index (χ0n) is 15.9. The van der Waals surface area contributed by atoms with E-state index >= 15 is 0 Å².